The van der Waals surface area contributed by atoms with Crippen molar-refractivity contribution in [3.05, 3.63) is 88.1 Å². The monoisotopic (exact) mass is 391 g/mol. The summed E-state index contributed by atoms with van der Waals surface area (Å²) in [4.78, 5) is 13.4. The van der Waals surface area contributed by atoms with Crippen LogP contribution in [0.2, 0.25) is 0 Å². The van der Waals surface area contributed by atoms with Crippen LogP contribution in [0.25, 0.3) is 0 Å². The van der Waals surface area contributed by atoms with Gasteiger partial charge in [0.05, 0.1) is 16.1 Å². The van der Waals surface area contributed by atoms with Crippen molar-refractivity contribution in [1.82, 2.24) is 0 Å². The standard InChI is InChI=1S/C20H17F3N2OS/c21-20(22,23)15-9-4-5-10-16(15)25-18(26)13-24-19(17-11-6-12-27-17)14-7-2-1-3-8-14/h1-12,19,24H,13H2,(H,25,26)/p+1/t19-/m0/s1. The molecule has 0 unspecified atom stereocenters. The first-order valence-corrected chi connectivity index (χ1v) is 9.21. The van der Waals surface area contributed by atoms with Crippen molar-refractivity contribution in [2.45, 2.75) is 12.2 Å². The Bertz CT molecular complexity index is 880. The van der Waals surface area contributed by atoms with Crippen molar-refractivity contribution in [3.63, 3.8) is 0 Å². The van der Waals surface area contributed by atoms with Crippen molar-refractivity contribution < 1.29 is 23.3 Å². The van der Waals surface area contributed by atoms with Gasteiger partial charge in [0.25, 0.3) is 5.91 Å². The number of thiophene rings is 1. The number of hydrogen-bond donors (Lipinski definition) is 2. The molecule has 2 aromatic carbocycles. The lowest BCUT2D eigenvalue weighted by Crippen LogP contribution is -2.87. The molecule has 0 radical (unpaired) electrons. The number of anilines is 1. The van der Waals surface area contributed by atoms with E-state index in [-0.39, 0.29) is 18.3 Å². The molecule has 3 rings (SSSR count). The minimum absolute atomic E-state index is 0.00362. The van der Waals surface area contributed by atoms with Crippen molar-refractivity contribution >= 4 is 22.9 Å². The van der Waals surface area contributed by atoms with E-state index in [1.165, 1.54) is 18.2 Å². The van der Waals surface area contributed by atoms with Crippen molar-refractivity contribution in [2.24, 2.45) is 0 Å². The molecule has 0 spiro atoms. The van der Waals surface area contributed by atoms with Crippen molar-refractivity contribution in [2.75, 3.05) is 11.9 Å². The SMILES string of the molecule is O=C(C[NH2+][C@@H](c1ccccc1)c1cccs1)Nc1ccccc1C(F)(F)F. The van der Waals surface area contributed by atoms with E-state index >= 15 is 0 Å². The third-order valence-corrected chi connectivity index (χ3v) is 5.01. The maximum Gasteiger partial charge on any atom is 0.418 e. The maximum absolute atomic E-state index is 13.1. The average Bonchev–Trinajstić information content (AvgIpc) is 3.17. The van der Waals surface area contributed by atoms with Crippen LogP contribution in [-0.4, -0.2) is 12.5 Å². The second-order valence-corrected chi connectivity index (χ2v) is 6.91. The van der Waals surface area contributed by atoms with Gasteiger partial charge < -0.3 is 10.6 Å². The number of amides is 1. The summed E-state index contributed by atoms with van der Waals surface area (Å²) in [5.41, 5.74) is -0.0459. The van der Waals surface area contributed by atoms with Gasteiger partial charge in [0, 0.05) is 5.56 Å². The highest BCUT2D eigenvalue weighted by molar-refractivity contribution is 7.10. The van der Waals surface area contributed by atoms with Crippen molar-refractivity contribution in [1.29, 1.82) is 0 Å². The topological polar surface area (TPSA) is 45.7 Å². The summed E-state index contributed by atoms with van der Waals surface area (Å²) in [7, 11) is 0. The molecule has 0 fully saturated rings. The molecule has 0 aliphatic heterocycles. The van der Waals surface area contributed by atoms with E-state index in [1.807, 2.05) is 53.2 Å². The molecule has 1 aromatic heterocycles. The summed E-state index contributed by atoms with van der Waals surface area (Å²) in [6.07, 6.45) is -4.52. The number of alkyl halides is 3. The fourth-order valence-corrected chi connectivity index (χ4v) is 3.66. The molecule has 140 valence electrons. The first kappa shape index (κ1) is 19.1. The van der Waals surface area contributed by atoms with Gasteiger partial charge in [0.1, 0.15) is 6.04 Å². The lowest BCUT2D eigenvalue weighted by atomic mass is 10.1. The summed E-state index contributed by atoms with van der Waals surface area (Å²) in [5, 5.41) is 6.17. The fraction of sp³-hybridized carbons (Fsp3) is 0.150. The van der Waals surface area contributed by atoms with Crippen LogP contribution in [-0.2, 0) is 11.0 Å². The number of quaternary nitrogens is 1. The zero-order valence-electron chi connectivity index (χ0n) is 14.2. The summed E-state index contributed by atoms with van der Waals surface area (Å²) < 4.78 is 39.2. The van der Waals surface area contributed by atoms with Crippen LogP contribution in [0.1, 0.15) is 22.0 Å². The van der Waals surface area contributed by atoms with Crippen molar-refractivity contribution in [3.8, 4) is 0 Å². The minimum atomic E-state index is -4.52. The number of carbonyl (C=O) groups is 1. The minimum Gasteiger partial charge on any atom is -0.328 e. The van der Waals surface area contributed by atoms with Gasteiger partial charge in [-0.25, -0.2) is 0 Å². The van der Waals surface area contributed by atoms with E-state index < -0.39 is 17.6 Å². The molecular weight excluding hydrogens is 373 g/mol. The molecule has 1 heterocycles. The highest BCUT2D eigenvalue weighted by atomic mass is 32.1. The first-order chi connectivity index (χ1) is 12.9. The lowest BCUT2D eigenvalue weighted by molar-refractivity contribution is -0.675. The van der Waals surface area contributed by atoms with Gasteiger partial charge in [-0.1, -0.05) is 48.5 Å². The van der Waals surface area contributed by atoms with Gasteiger partial charge >= 0.3 is 6.18 Å². The molecule has 1 atom stereocenters. The smallest absolute Gasteiger partial charge is 0.328 e. The second-order valence-electron chi connectivity index (χ2n) is 5.94. The van der Waals surface area contributed by atoms with E-state index in [0.29, 0.717) is 0 Å². The van der Waals surface area contributed by atoms with Crippen LogP contribution >= 0.6 is 11.3 Å². The van der Waals surface area contributed by atoms with Crippen LogP contribution in [0.3, 0.4) is 0 Å². The number of carbonyl (C=O) groups excluding carboxylic acids is 1. The number of hydrogen-bond acceptors (Lipinski definition) is 2. The third-order valence-electron chi connectivity index (χ3n) is 4.05. The Morgan fingerprint density at radius 1 is 1.00 bits per heavy atom. The predicted octanol–water partition coefficient (Wildman–Crippen LogP) is 4.06. The summed E-state index contributed by atoms with van der Waals surface area (Å²) in [6, 6.07) is 18.5. The maximum atomic E-state index is 13.1. The molecule has 3 N–H and O–H groups in total. The molecule has 1 amide bonds. The molecule has 0 saturated heterocycles. The Balaban J connectivity index is 1.71. The van der Waals surface area contributed by atoms with Gasteiger partial charge in [-0.05, 0) is 23.6 Å². The third kappa shape index (κ3) is 4.96. The summed E-state index contributed by atoms with van der Waals surface area (Å²) >= 11 is 1.58. The molecular formula is C20H18F3N2OS+. The van der Waals surface area contributed by atoms with E-state index in [4.69, 9.17) is 0 Å². The van der Waals surface area contributed by atoms with E-state index in [1.54, 1.807) is 11.3 Å². The summed E-state index contributed by atoms with van der Waals surface area (Å²) in [6.45, 7) is 0.00362. The van der Waals surface area contributed by atoms with E-state index in [9.17, 15) is 18.0 Å². The molecule has 27 heavy (non-hydrogen) atoms. The number of benzene rings is 2. The van der Waals surface area contributed by atoms with Gasteiger partial charge in [0.2, 0.25) is 0 Å². The molecule has 7 heteroatoms. The van der Waals surface area contributed by atoms with Crippen LogP contribution in [0, 0.1) is 0 Å². The van der Waals surface area contributed by atoms with Crippen LogP contribution in [0.5, 0.6) is 0 Å². The average molecular weight is 391 g/mol. The van der Waals surface area contributed by atoms with Gasteiger partial charge in [0.15, 0.2) is 6.54 Å². The Kier molecular flexibility index (Phi) is 5.93. The normalized spacial score (nSPS) is 12.6. The number of nitrogens with one attached hydrogen (secondary N) is 1. The van der Waals surface area contributed by atoms with Crippen LogP contribution < -0.4 is 10.6 Å². The zero-order chi connectivity index (χ0) is 19.3. The zero-order valence-corrected chi connectivity index (χ0v) is 15.1. The number of para-hydroxylation sites is 1. The number of nitrogens with two attached hydrogens (primary N) is 1. The Morgan fingerprint density at radius 2 is 1.70 bits per heavy atom. The summed E-state index contributed by atoms with van der Waals surface area (Å²) in [5.74, 6) is -0.482. The van der Waals surface area contributed by atoms with Gasteiger partial charge in [-0.2, -0.15) is 13.2 Å². The van der Waals surface area contributed by atoms with E-state index in [0.717, 1.165) is 16.5 Å². The number of halogens is 3. The molecule has 0 saturated carbocycles. The second kappa shape index (κ2) is 8.37. The lowest BCUT2D eigenvalue weighted by Gasteiger charge is -2.16. The first-order valence-electron chi connectivity index (χ1n) is 8.33. The largest absolute Gasteiger partial charge is 0.418 e. The van der Waals surface area contributed by atoms with Crippen LogP contribution in [0.4, 0.5) is 18.9 Å². The van der Waals surface area contributed by atoms with Gasteiger partial charge in [-0.3, -0.25) is 4.79 Å². The predicted molar refractivity (Wildman–Crippen MR) is 99.5 cm³/mol. The Labute approximate surface area is 158 Å². The quantitative estimate of drug-likeness (QED) is 0.654. The molecule has 3 nitrogen and oxygen atoms in total. The van der Waals surface area contributed by atoms with E-state index in [2.05, 4.69) is 5.32 Å². The highest BCUT2D eigenvalue weighted by Gasteiger charge is 2.33. The molecule has 0 aliphatic carbocycles. The molecule has 0 bridgehead atoms. The molecule has 0 aliphatic rings. The van der Waals surface area contributed by atoms with Crippen LogP contribution in [0.15, 0.2) is 72.1 Å². The Morgan fingerprint density at radius 3 is 2.37 bits per heavy atom. The van der Waals surface area contributed by atoms with Gasteiger partial charge in [-0.15, -0.1) is 11.3 Å². The number of rotatable bonds is 6. The molecule has 3 aromatic rings. The highest BCUT2D eigenvalue weighted by Crippen LogP contribution is 2.34. The Hall–Kier alpha value is -2.64. The fourth-order valence-electron chi connectivity index (χ4n) is 2.81.